The summed E-state index contributed by atoms with van der Waals surface area (Å²) in [5.41, 5.74) is -0.174. The number of fused-ring (bicyclic) bond motifs is 1. The smallest absolute Gasteiger partial charge is 0.280 e. The lowest BCUT2D eigenvalue weighted by atomic mass is 10.2. The van der Waals surface area contributed by atoms with Gasteiger partial charge in [-0.25, -0.2) is 13.2 Å². The van der Waals surface area contributed by atoms with Crippen molar-refractivity contribution in [3.63, 3.8) is 0 Å². The van der Waals surface area contributed by atoms with Crippen LogP contribution in [0.1, 0.15) is 12.1 Å². The standard InChI is InChI=1S/C9H7F3N2O/c1-15-7-2-4-6(3-5(7)10)13-14-8(4)9(11)12/h2-3,9H,1H3,(H,13,14). The zero-order valence-electron chi connectivity index (χ0n) is 7.72. The van der Waals surface area contributed by atoms with Crippen LogP contribution in [0, 0.1) is 5.82 Å². The molecule has 0 saturated heterocycles. The Bertz CT molecular complexity index is 495. The average molecular weight is 216 g/mol. The number of hydrogen-bond acceptors (Lipinski definition) is 2. The van der Waals surface area contributed by atoms with Crippen LogP contribution in [-0.2, 0) is 0 Å². The van der Waals surface area contributed by atoms with Gasteiger partial charge in [0.2, 0.25) is 0 Å². The Hall–Kier alpha value is -1.72. The molecule has 3 nitrogen and oxygen atoms in total. The Labute approximate surface area is 82.9 Å². The maximum Gasteiger partial charge on any atom is 0.280 e. The molecule has 0 unspecified atom stereocenters. The SMILES string of the molecule is COc1cc2c(C(F)F)[nH]nc2cc1F. The van der Waals surface area contributed by atoms with E-state index in [1.54, 1.807) is 0 Å². The topological polar surface area (TPSA) is 37.9 Å². The molecule has 0 aliphatic rings. The van der Waals surface area contributed by atoms with Gasteiger partial charge in [0.15, 0.2) is 11.6 Å². The van der Waals surface area contributed by atoms with Gasteiger partial charge in [-0.1, -0.05) is 0 Å². The molecule has 0 fully saturated rings. The summed E-state index contributed by atoms with van der Waals surface area (Å²) in [7, 11) is 1.27. The largest absolute Gasteiger partial charge is 0.494 e. The monoisotopic (exact) mass is 216 g/mol. The molecular formula is C9H7F3N2O. The zero-order valence-corrected chi connectivity index (χ0v) is 7.72. The summed E-state index contributed by atoms with van der Waals surface area (Å²) in [5.74, 6) is -0.705. The number of halogens is 3. The molecule has 6 heteroatoms. The third-order valence-electron chi connectivity index (χ3n) is 2.08. The van der Waals surface area contributed by atoms with Gasteiger partial charge in [-0.05, 0) is 6.07 Å². The van der Waals surface area contributed by atoms with E-state index < -0.39 is 12.2 Å². The Kier molecular flexibility index (Phi) is 2.26. The highest BCUT2D eigenvalue weighted by atomic mass is 19.3. The first kappa shape index (κ1) is 9.82. The van der Waals surface area contributed by atoms with Crippen molar-refractivity contribution in [1.29, 1.82) is 0 Å². The predicted molar refractivity (Wildman–Crippen MR) is 47.6 cm³/mol. The number of benzene rings is 1. The number of alkyl halides is 2. The summed E-state index contributed by atoms with van der Waals surface area (Å²) in [6.45, 7) is 0. The number of ether oxygens (including phenoxy) is 1. The van der Waals surface area contributed by atoms with Crippen molar-refractivity contribution in [3.05, 3.63) is 23.6 Å². The second-order valence-corrected chi connectivity index (χ2v) is 2.94. The van der Waals surface area contributed by atoms with Crippen molar-refractivity contribution in [2.75, 3.05) is 7.11 Å². The molecule has 0 spiro atoms. The summed E-state index contributed by atoms with van der Waals surface area (Å²) in [4.78, 5) is 0. The van der Waals surface area contributed by atoms with Gasteiger partial charge in [0, 0.05) is 11.5 Å². The van der Waals surface area contributed by atoms with E-state index in [2.05, 4.69) is 10.2 Å². The van der Waals surface area contributed by atoms with Gasteiger partial charge in [-0.15, -0.1) is 0 Å². The molecule has 0 aliphatic carbocycles. The van der Waals surface area contributed by atoms with E-state index in [1.807, 2.05) is 0 Å². The fraction of sp³-hybridized carbons (Fsp3) is 0.222. The lowest BCUT2D eigenvalue weighted by Gasteiger charge is -2.01. The molecule has 1 N–H and O–H groups in total. The van der Waals surface area contributed by atoms with Crippen molar-refractivity contribution in [2.45, 2.75) is 6.43 Å². The first-order valence-electron chi connectivity index (χ1n) is 4.13. The Morgan fingerprint density at radius 3 is 2.73 bits per heavy atom. The predicted octanol–water partition coefficient (Wildman–Crippen LogP) is 2.65. The summed E-state index contributed by atoms with van der Waals surface area (Å²) < 4.78 is 42.8. The molecule has 0 radical (unpaired) electrons. The van der Waals surface area contributed by atoms with Gasteiger partial charge in [-0.2, -0.15) is 5.10 Å². The number of hydrogen-bond donors (Lipinski definition) is 1. The highest BCUT2D eigenvalue weighted by molar-refractivity contribution is 5.83. The van der Waals surface area contributed by atoms with Crippen LogP contribution in [0.5, 0.6) is 5.75 Å². The summed E-state index contributed by atoms with van der Waals surface area (Å²) in [6, 6.07) is 2.26. The van der Waals surface area contributed by atoms with Gasteiger partial charge >= 0.3 is 0 Å². The van der Waals surface area contributed by atoms with Gasteiger partial charge in [0.1, 0.15) is 5.69 Å². The van der Waals surface area contributed by atoms with Gasteiger partial charge in [0.05, 0.1) is 12.6 Å². The van der Waals surface area contributed by atoms with Crippen molar-refractivity contribution in [1.82, 2.24) is 10.2 Å². The summed E-state index contributed by atoms with van der Waals surface area (Å²) in [6.07, 6.45) is -2.68. The van der Waals surface area contributed by atoms with Gasteiger partial charge in [0.25, 0.3) is 6.43 Å². The minimum absolute atomic E-state index is 0.0780. The fourth-order valence-corrected chi connectivity index (χ4v) is 1.35. The Morgan fingerprint density at radius 2 is 2.13 bits per heavy atom. The number of rotatable bonds is 2. The van der Waals surface area contributed by atoms with Crippen LogP contribution < -0.4 is 4.74 Å². The van der Waals surface area contributed by atoms with Crippen LogP contribution in [0.3, 0.4) is 0 Å². The van der Waals surface area contributed by atoms with Crippen molar-refractivity contribution >= 4 is 10.9 Å². The first-order chi connectivity index (χ1) is 7.13. The van der Waals surface area contributed by atoms with Crippen LogP contribution in [0.4, 0.5) is 13.2 Å². The Morgan fingerprint density at radius 1 is 1.40 bits per heavy atom. The number of methoxy groups -OCH3 is 1. The number of nitrogens with zero attached hydrogens (tertiary/aromatic N) is 1. The lowest BCUT2D eigenvalue weighted by Crippen LogP contribution is -1.89. The molecule has 0 aliphatic heterocycles. The average Bonchev–Trinajstić information content (AvgIpc) is 2.59. The third-order valence-corrected chi connectivity index (χ3v) is 2.08. The second kappa shape index (κ2) is 3.45. The highest BCUT2D eigenvalue weighted by Crippen LogP contribution is 2.30. The van der Waals surface area contributed by atoms with E-state index in [0.29, 0.717) is 0 Å². The minimum Gasteiger partial charge on any atom is -0.494 e. The quantitative estimate of drug-likeness (QED) is 0.837. The molecule has 15 heavy (non-hydrogen) atoms. The van der Waals surface area contributed by atoms with E-state index in [4.69, 9.17) is 4.74 Å². The van der Waals surface area contributed by atoms with Crippen molar-refractivity contribution in [2.24, 2.45) is 0 Å². The Balaban J connectivity index is 2.69. The zero-order chi connectivity index (χ0) is 11.0. The first-order valence-corrected chi connectivity index (χ1v) is 4.13. The molecule has 2 rings (SSSR count). The van der Waals surface area contributed by atoms with Crippen molar-refractivity contribution in [3.8, 4) is 5.75 Å². The summed E-state index contributed by atoms with van der Waals surface area (Å²) >= 11 is 0. The summed E-state index contributed by atoms with van der Waals surface area (Å²) in [5, 5.41) is 5.91. The van der Waals surface area contributed by atoms with Gasteiger partial charge < -0.3 is 4.74 Å². The normalized spacial score (nSPS) is 11.3. The number of H-pyrrole nitrogens is 1. The minimum atomic E-state index is -2.68. The molecule has 80 valence electrons. The van der Waals surface area contributed by atoms with E-state index in [9.17, 15) is 13.2 Å². The maximum atomic E-state index is 13.2. The molecule has 2 aromatic rings. The van der Waals surface area contributed by atoms with Crippen LogP contribution in [0.15, 0.2) is 12.1 Å². The maximum absolute atomic E-state index is 13.2. The molecule has 0 bridgehead atoms. The third kappa shape index (κ3) is 1.51. The van der Waals surface area contributed by atoms with Gasteiger partial charge in [-0.3, -0.25) is 5.10 Å². The fourth-order valence-electron chi connectivity index (χ4n) is 1.35. The number of nitrogens with one attached hydrogen (secondary N) is 1. The molecular weight excluding hydrogens is 209 g/mol. The van der Waals surface area contributed by atoms with Crippen LogP contribution in [0.2, 0.25) is 0 Å². The highest BCUT2D eigenvalue weighted by Gasteiger charge is 2.17. The van der Waals surface area contributed by atoms with E-state index in [0.717, 1.165) is 6.07 Å². The van der Waals surface area contributed by atoms with E-state index in [-0.39, 0.29) is 22.3 Å². The molecule has 0 saturated carbocycles. The van der Waals surface area contributed by atoms with E-state index in [1.165, 1.54) is 13.2 Å². The number of aromatic amines is 1. The van der Waals surface area contributed by atoms with Crippen molar-refractivity contribution < 1.29 is 17.9 Å². The number of aromatic nitrogens is 2. The molecule has 1 heterocycles. The van der Waals surface area contributed by atoms with E-state index >= 15 is 0 Å². The lowest BCUT2D eigenvalue weighted by molar-refractivity contribution is 0.147. The van der Waals surface area contributed by atoms with Crippen LogP contribution in [0.25, 0.3) is 10.9 Å². The molecule has 0 atom stereocenters. The van der Waals surface area contributed by atoms with Crippen LogP contribution in [-0.4, -0.2) is 17.3 Å². The molecule has 1 aromatic heterocycles. The second-order valence-electron chi connectivity index (χ2n) is 2.94. The molecule has 0 amide bonds. The van der Waals surface area contributed by atoms with Crippen LogP contribution >= 0.6 is 0 Å². The molecule has 1 aromatic carbocycles.